The van der Waals surface area contributed by atoms with Gasteiger partial charge in [0.1, 0.15) is 0 Å². The summed E-state index contributed by atoms with van der Waals surface area (Å²) in [4.78, 5) is 11.1. The molecule has 0 heterocycles. The molecular weight excluding hydrogens is 162 g/mol. The fourth-order valence-electron chi connectivity index (χ4n) is 0.549. The highest BCUT2D eigenvalue weighted by molar-refractivity contribution is 6.19. The van der Waals surface area contributed by atoms with Gasteiger partial charge in [0.25, 0.3) is 0 Å². The van der Waals surface area contributed by atoms with Gasteiger partial charge in [0, 0.05) is 18.3 Å². The van der Waals surface area contributed by atoms with Crippen LogP contribution in [0, 0.1) is 11.8 Å². The Bertz CT molecular complexity index is 125. The normalized spacial score (nSPS) is 13.2. The van der Waals surface area contributed by atoms with Gasteiger partial charge in [-0.15, -0.1) is 11.6 Å². The maximum Gasteiger partial charge on any atom is 0.224 e. The largest absolute Gasteiger partial charge is 0.356 e. The molecule has 0 aromatic carbocycles. The molecule has 0 aromatic heterocycles. The molecule has 11 heavy (non-hydrogen) atoms. The Balaban J connectivity index is 3.52. The number of halogens is 1. The van der Waals surface area contributed by atoms with E-state index in [0.717, 1.165) is 6.54 Å². The molecule has 66 valence electrons. The van der Waals surface area contributed by atoms with Crippen molar-refractivity contribution in [3.63, 3.8) is 0 Å². The summed E-state index contributed by atoms with van der Waals surface area (Å²) in [6.45, 7) is 6.68. The van der Waals surface area contributed by atoms with Crippen LogP contribution in [0.3, 0.4) is 0 Å². The molecule has 0 bridgehead atoms. The van der Waals surface area contributed by atoms with E-state index >= 15 is 0 Å². The number of nitrogens with one attached hydrogen (secondary N) is 1. The topological polar surface area (TPSA) is 29.1 Å². The lowest BCUT2D eigenvalue weighted by Gasteiger charge is -2.10. The molecule has 0 fully saturated rings. The quantitative estimate of drug-likeness (QED) is 0.650. The van der Waals surface area contributed by atoms with Gasteiger partial charge in [-0.2, -0.15) is 0 Å². The highest BCUT2D eigenvalue weighted by Gasteiger charge is 2.10. The van der Waals surface area contributed by atoms with Gasteiger partial charge in [-0.3, -0.25) is 4.79 Å². The molecule has 1 N–H and O–H groups in total. The van der Waals surface area contributed by atoms with Crippen LogP contribution < -0.4 is 5.32 Å². The Hall–Kier alpha value is -0.240. The molecule has 0 aliphatic heterocycles. The number of carbonyl (C=O) groups excluding carboxylic acids is 1. The second-order valence-electron chi connectivity index (χ2n) is 3.19. The molecule has 0 rings (SSSR count). The first-order valence-corrected chi connectivity index (χ1v) is 4.45. The van der Waals surface area contributed by atoms with E-state index in [1.807, 2.05) is 6.92 Å². The van der Waals surface area contributed by atoms with E-state index in [9.17, 15) is 4.79 Å². The number of amides is 1. The summed E-state index contributed by atoms with van der Waals surface area (Å²) in [7, 11) is 0. The molecule has 0 saturated heterocycles. The van der Waals surface area contributed by atoms with E-state index in [4.69, 9.17) is 11.6 Å². The fraction of sp³-hybridized carbons (Fsp3) is 0.875. The van der Waals surface area contributed by atoms with E-state index in [-0.39, 0.29) is 11.8 Å². The minimum absolute atomic E-state index is 0.0497. The maximum absolute atomic E-state index is 11.1. The molecule has 1 unspecified atom stereocenters. The maximum atomic E-state index is 11.1. The average molecular weight is 178 g/mol. The van der Waals surface area contributed by atoms with Crippen LogP contribution >= 0.6 is 11.6 Å². The smallest absolute Gasteiger partial charge is 0.224 e. The van der Waals surface area contributed by atoms with Crippen LogP contribution in [0.4, 0.5) is 0 Å². The lowest BCUT2D eigenvalue weighted by Crippen LogP contribution is -2.32. The molecule has 0 aliphatic carbocycles. The standard InChI is InChI=1S/C8H16ClNO/c1-6(2)5-10-8(11)7(3)4-9/h6-7H,4-5H2,1-3H3,(H,10,11). The number of hydrogen-bond acceptors (Lipinski definition) is 1. The summed E-state index contributed by atoms with van der Waals surface area (Å²) in [6.07, 6.45) is 0. The predicted octanol–water partition coefficient (Wildman–Crippen LogP) is 1.63. The van der Waals surface area contributed by atoms with Gasteiger partial charge in [-0.25, -0.2) is 0 Å². The second-order valence-corrected chi connectivity index (χ2v) is 3.50. The number of carbonyl (C=O) groups is 1. The minimum Gasteiger partial charge on any atom is -0.356 e. The SMILES string of the molecule is CC(C)CNC(=O)C(C)CCl. The molecule has 0 saturated carbocycles. The van der Waals surface area contributed by atoms with Crippen LogP contribution in [0.5, 0.6) is 0 Å². The number of rotatable bonds is 4. The Labute approximate surface area is 73.3 Å². The second kappa shape index (κ2) is 5.42. The lowest BCUT2D eigenvalue weighted by molar-refractivity contribution is -0.124. The summed E-state index contributed by atoms with van der Waals surface area (Å²) in [6, 6.07) is 0. The Morgan fingerprint density at radius 1 is 1.45 bits per heavy atom. The van der Waals surface area contributed by atoms with E-state index < -0.39 is 0 Å². The Morgan fingerprint density at radius 3 is 2.36 bits per heavy atom. The van der Waals surface area contributed by atoms with Crippen LogP contribution in [0.2, 0.25) is 0 Å². The Morgan fingerprint density at radius 2 is 2.00 bits per heavy atom. The van der Waals surface area contributed by atoms with Crippen molar-refractivity contribution in [1.82, 2.24) is 5.32 Å². The van der Waals surface area contributed by atoms with Crippen molar-refractivity contribution in [3.05, 3.63) is 0 Å². The van der Waals surface area contributed by atoms with Crippen molar-refractivity contribution in [3.8, 4) is 0 Å². The summed E-state index contributed by atoms with van der Waals surface area (Å²) >= 11 is 5.50. The van der Waals surface area contributed by atoms with Crippen molar-refractivity contribution >= 4 is 17.5 Å². The third-order valence-electron chi connectivity index (χ3n) is 1.36. The van der Waals surface area contributed by atoms with Crippen LogP contribution in [-0.2, 0) is 4.79 Å². The first-order valence-electron chi connectivity index (χ1n) is 3.91. The third-order valence-corrected chi connectivity index (χ3v) is 1.83. The molecule has 0 aromatic rings. The van der Waals surface area contributed by atoms with Crippen molar-refractivity contribution in [2.75, 3.05) is 12.4 Å². The summed E-state index contributed by atoms with van der Waals surface area (Å²) in [5.74, 6) is 0.870. The van der Waals surface area contributed by atoms with Gasteiger partial charge in [0.2, 0.25) is 5.91 Å². The van der Waals surface area contributed by atoms with Gasteiger partial charge < -0.3 is 5.32 Å². The van der Waals surface area contributed by atoms with Gasteiger partial charge in [-0.05, 0) is 5.92 Å². The molecule has 0 radical (unpaired) electrons. The fourth-order valence-corrected chi connectivity index (χ4v) is 0.689. The van der Waals surface area contributed by atoms with E-state index in [1.165, 1.54) is 0 Å². The van der Waals surface area contributed by atoms with Gasteiger partial charge in [0.05, 0.1) is 0 Å². The van der Waals surface area contributed by atoms with Crippen LogP contribution in [-0.4, -0.2) is 18.3 Å². The van der Waals surface area contributed by atoms with Crippen LogP contribution in [0.25, 0.3) is 0 Å². The highest BCUT2D eigenvalue weighted by Crippen LogP contribution is 1.98. The van der Waals surface area contributed by atoms with Gasteiger partial charge in [0.15, 0.2) is 0 Å². The summed E-state index contributed by atoms with van der Waals surface area (Å²) in [5, 5.41) is 2.81. The van der Waals surface area contributed by atoms with Gasteiger partial charge in [-0.1, -0.05) is 20.8 Å². The van der Waals surface area contributed by atoms with E-state index in [0.29, 0.717) is 11.8 Å². The van der Waals surface area contributed by atoms with Crippen LogP contribution in [0.15, 0.2) is 0 Å². The zero-order valence-electron chi connectivity index (χ0n) is 7.36. The highest BCUT2D eigenvalue weighted by atomic mass is 35.5. The number of hydrogen-bond donors (Lipinski definition) is 1. The van der Waals surface area contributed by atoms with Crippen molar-refractivity contribution < 1.29 is 4.79 Å². The predicted molar refractivity (Wildman–Crippen MR) is 47.7 cm³/mol. The van der Waals surface area contributed by atoms with Gasteiger partial charge >= 0.3 is 0 Å². The van der Waals surface area contributed by atoms with E-state index in [1.54, 1.807) is 0 Å². The molecule has 1 amide bonds. The molecule has 0 spiro atoms. The Kier molecular flexibility index (Phi) is 5.30. The molecule has 1 atom stereocenters. The lowest BCUT2D eigenvalue weighted by atomic mass is 10.2. The third kappa shape index (κ3) is 5.08. The van der Waals surface area contributed by atoms with Crippen molar-refractivity contribution in [2.24, 2.45) is 11.8 Å². The molecular formula is C8H16ClNO. The van der Waals surface area contributed by atoms with Crippen molar-refractivity contribution in [2.45, 2.75) is 20.8 Å². The summed E-state index contributed by atoms with van der Waals surface area (Å²) < 4.78 is 0. The average Bonchev–Trinajstić information content (AvgIpc) is 1.98. The molecule has 2 nitrogen and oxygen atoms in total. The zero-order valence-corrected chi connectivity index (χ0v) is 8.11. The van der Waals surface area contributed by atoms with E-state index in [2.05, 4.69) is 19.2 Å². The monoisotopic (exact) mass is 177 g/mol. The minimum atomic E-state index is -0.0737. The van der Waals surface area contributed by atoms with Crippen LogP contribution in [0.1, 0.15) is 20.8 Å². The molecule has 0 aliphatic rings. The number of alkyl halides is 1. The first kappa shape index (κ1) is 10.8. The molecule has 3 heteroatoms. The van der Waals surface area contributed by atoms with Crippen molar-refractivity contribution in [1.29, 1.82) is 0 Å². The first-order chi connectivity index (χ1) is 5.07. The zero-order chi connectivity index (χ0) is 8.85. The summed E-state index contributed by atoms with van der Waals surface area (Å²) in [5.41, 5.74) is 0.